The molecule has 0 atom stereocenters. The lowest BCUT2D eigenvalue weighted by molar-refractivity contribution is -0.142. The van der Waals surface area contributed by atoms with E-state index in [1.165, 1.54) is 11.1 Å². The highest BCUT2D eigenvalue weighted by molar-refractivity contribution is 5.81. The fraction of sp³-hybridized carbons (Fsp3) is 0.217. The van der Waals surface area contributed by atoms with Crippen molar-refractivity contribution in [3.63, 3.8) is 0 Å². The van der Waals surface area contributed by atoms with E-state index >= 15 is 0 Å². The fourth-order valence-electron chi connectivity index (χ4n) is 2.89. The molecule has 4 nitrogen and oxygen atoms in total. The van der Waals surface area contributed by atoms with Gasteiger partial charge in [-0.05, 0) is 55.7 Å². The lowest BCUT2D eigenvalue weighted by Crippen LogP contribution is -2.28. The van der Waals surface area contributed by atoms with Crippen LogP contribution in [0.4, 0.5) is 5.82 Å². The van der Waals surface area contributed by atoms with E-state index in [0.717, 1.165) is 29.1 Å². The van der Waals surface area contributed by atoms with Crippen LogP contribution >= 0.6 is 0 Å². The van der Waals surface area contributed by atoms with Gasteiger partial charge >= 0.3 is 5.97 Å². The van der Waals surface area contributed by atoms with E-state index in [1.54, 1.807) is 13.8 Å². The predicted octanol–water partition coefficient (Wildman–Crippen LogP) is 5.03. The van der Waals surface area contributed by atoms with Crippen molar-refractivity contribution in [1.29, 1.82) is 0 Å². The Bertz CT molecular complexity index is 947. The molecule has 0 unspecified atom stereocenters. The van der Waals surface area contributed by atoms with Crippen LogP contribution in [0.1, 0.15) is 30.5 Å². The van der Waals surface area contributed by atoms with E-state index in [1.807, 2.05) is 42.6 Å². The summed E-state index contributed by atoms with van der Waals surface area (Å²) >= 11 is 0. The standard InChI is InChI=1S/C23H24N2O2/c1-16-6-4-7-17(12-16)14-24-21-11-10-19(15-25-21)18-8-5-9-20(13-18)23(2,3)22(26)27/h4-13,15H,14H2,1-3H3,(H,24,25)(H,26,27). The number of nitrogens with one attached hydrogen (secondary N) is 1. The van der Waals surface area contributed by atoms with Crippen LogP contribution in [0.5, 0.6) is 0 Å². The third-order valence-electron chi connectivity index (χ3n) is 4.77. The van der Waals surface area contributed by atoms with E-state index < -0.39 is 11.4 Å². The van der Waals surface area contributed by atoms with Crippen LogP contribution in [0.3, 0.4) is 0 Å². The zero-order valence-electron chi connectivity index (χ0n) is 15.9. The zero-order chi connectivity index (χ0) is 19.4. The number of hydrogen-bond acceptors (Lipinski definition) is 3. The van der Waals surface area contributed by atoms with Crippen molar-refractivity contribution in [1.82, 2.24) is 4.98 Å². The quantitative estimate of drug-likeness (QED) is 0.647. The summed E-state index contributed by atoms with van der Waals surface area (Å²) in [5.41, 5.74) is 4.21. The van der Waals surface area contributed by atoms with Crippen molar-refractivity contribution in [3.05, 3.63) is 83.6 Å². The number of aliphatic carboxylic acids is 1. The third kappa shape index (κ3) is 4.34. The number of carboxylic acids is 1. The Morgan fingerprint density at radius 3 is 2.48 bits per heavy atom. The molecule has 0 saturated carbocycles. The van der Waals surface area contributed by atoms with Gasteiger partial charge in [0.05, 0.1) is 5.41 Å². The van der Waals surface area contributed by atoms with Gasteiger partial charge in [-0.2, -0.15) is 0 Å². The Labute approximate surface area is 159 Å². The van der Waals surface area contributed by atoms with Crippen LogP contribution in [0.25, 0.3) is 11.1 Å². The number of nitrogens with zero attached hydrogens (tertiary/aromatic N) is 1. The summed E-state index contributed by atoms with van der Waals surface area (Å²) in [6.45, 7) is 6.22. The summed E-state index contributed by atoms with van der Waals surface area (Å²) in [6, 6.07) is 19.9. The summed E-state index contributed by atoms with van der Waals surface area (Å²) < 4.78 is 0. The van der Waals surface area contributed by atoms with Gasteiger partial charge in [-0.1, -0.05) is 48.0 Å². The second kappa shape index (κ2) is 7.62. The molecule has 0 fully saturated rings. The number of aromatic nitrogens is 1. The maximum atomic E-state index is 11.5. The van der Waals surface area contributed by atoms with Gasteiger partial charge in [-0.15, -0.1) is 0 Å². The summed E-state index contributed by atoms with van der Waals surface area (Å²) in [6.07, 6.45) is 1.81. The van der Waals surface area contributed by atoms with Gasteiger partial charge < -0.3 is 10.4 Å². The van der Waals surface area contributed by atoms with Crippen LogP contribution in [0.15, 0.2) is 66.9 Å². The molecule has 0 amide bonds. The largest absolute Gasteiger partial charge is 0.481 e. The highest BCUT2D eigenvalue weighted by Crippen LogP contribution is 2.28. The van der Waals surface area contributed by atoms with Crippen molar-refractivity contribution in [2.45, 2.75) is 32.7 Å². The topological polar surface area (TPSA) is 62.2 Å². The summed E-state index contributed by atoms with van der Waals surface area (Å²) in [5.74, 6) is -0.0317. The molecule has 4 heteroatoms. The third-order valence-corrected chi connectivity index (χ3v) is 4.77. The molecule has 2 N–H and O–H groups in total. The van der Waals surface area contributed by atoms with Crippen molar-refractivity contribution in [3.8, 4) is 11.1 Å². The minimum absolute atomic E-state index is 0.719. The molecule has 0 radical (unpaired) electrons. The van der Waals surface area contributed by atoms with Crippen LogP contribution in [-0.4, -0.2) is 16.1 Å². The van der Waals surface area contributed by atoms with Gasteiger partial charge in [-0.3, -0.25) is 4.79 Å². The van der Waals surface area contributed by atoms with E-state index in [-0.39, 0.29) is 0 Å². The first-order valence-corrected chi connectivity index (χ1v) is 8.96. The number of benzene rings is 2. The van der Waals surface area contributed by atoms with Gasteiger partial charge in [0.1, 0.15) is 5.82 Å². The molecule has 0 saturated heterocycles. The van der Waals surface area contributed by atoms with E-state index in [4.69, 9.17) is 0 Å². The van der Waals surface area contributed by atoms with E-state index in [0.29, 0.717) is 0 Å². The van der Waals surface area contributed by atoms with Crippen molar-refractivity contribution < 1.29 is 9.90 Å². The Morgan fingerprint density at radius 1 is 1.04 bits per heavy atom. The molecular weight excluding hydrogens is 336 g/mol. The first-order chi connectivity index (χ1) is 12.9. The van der Waals surface area contributed by atoms with Crippen LogP contribution < -0.4 is 5.32 Å². The van der Waals surface area contributed by atoms with Crippen LogP contribution in [-0.2, 0) is 16.8 Å². The minimum atomic E-state index is -0.932. The first kappa shape index (κ1) is 18.6. The number of carbonyl (C=O) groups is 1. The molecule has 3 aromatic rings. The molecule has 2 aromatic carbocycles. The van der Waals surface area contributed by atoms with Gasteiger partial charge in [0.15, 0.2) is 0 Å². The van der Waals surface area contributed by atoms with Gasteiger partial charge in [0, 0.05) is 18.3 Å². The molecule has 0 aliphatic carbocycles. The van der Waals surface area contributed by atoms with Gasteiger partial charge in [-0.25, -0.2) is 4.98 Å². The van der Waals surface area contributed by atoms with Crippen molar-refractivity contribution >= 4 is 11.8 Å². The van der Waals surface area contributed by atoms with Crippen LogP contribution in [0, 0.1) is 6.92 Å². The SMILES string of the molecule is Cc1cccc(CNc2ccc(-c3cccc(C(C)(C)C(=O)O)c3)cn2)c1. The monoisotopic (exact) mass is 360 g/mol. The molecular formula is C23H24N2O2. The predicted molar refractivity (Wildman–Crippen MR) is 109 cm³/mol. The smallest absolute Gasteiger partial charge is 0.313 e. The Hall–Kier alpha value is -3.14. The highest BCUT2D eigenvalue weighted by atomic mass is 16.4. The molecule has 3 rings (SSSR count). The lowest BCUT2D eigenvalue weighted by atomic mass is 9.83. The number of hydrogen-bond donors (Lipinski definition) is 2. The second-order valence-electron chi connectivity index (χ2n) is 7.29. The number of aryl methyl sites for hydroxylation is 1. The van der Waals surface area contributed by atoms with Gasteiger partial charge in [0.2, 0.25) is 0 Å². The normalized spacial score (nSPS) is 11.2. The summed E-state index contributed by atoms with van der Waals surface area (Å²) in [5, 5.41) is 12.8. The molecule has 0 spiro atoms. The fourth-order valence-corrected chi connectivity index (χ4v) is 2.89. The average molecular weight is 360 g/mol. The van der Waals surface area contributed by atoms with Crippen molar-refractivity contribution in [2.24, 2.45) is 0 Å². The Balaban J connectivity index is 1.75. The number of carboxylic acid groups (broad SMARTS) is 1. The highest BCUT2D eigenvalue weighted by Gasteiger charge is 2.29. The zero-order valence-corrected chi connectivity index (χ0v) is 15.9. The molecule has 27 heavy (non-hydrogen) atoms. The van der Waals surface area contributed by atoms with E-state index in [2.05, 4.69) is 41.5 Å². The molecule has 138 valence electrons. The Morgan fingerprint density at radius 2 is 1.81 bits per heavy atom. The summed E-state index contributed by atoms with van der Waals surface area (Å²) in [4.78, 5) is 16.0. The minimum Gasteiger partial charge on any atom is -0.481 e. The Kier molecular flexibility index (Phi) is 5.26. The first-order valence-electron chi connectivity index (χ1n) is 8.96. The van der Waals surface area contributed by atoms with Crippen LogP contribution in [0.2, 0.25) is 0 Å². The van der Waals surface area contributed by atoms with E-state index in [9.17, 15) is 9.90 Å². The summed E-state index contributed by atoms with van der Waals surface area (Å²) in [7, 11) is 0. The number of rotatable bonds is 6. The maximum absolute atomic E-state index is 11.5. The molecule has 0 bridgehead atoms. The maximum Gasteiger partial charge on any atom is 0.313 e. The molecule has 1 aromatic heterocycles. The van der Waals surface area contributed by atoms with Crippen molar-refractivity contribution in [2.75, 3.05) is 5.32 Å². The van der Waals surface area contributed by atoms with Gasteiger partial charge in [0.25, 0.3) is 0 Å². The number of pyridine rings is 1. The molecule has 1 heterocycles. The lowest BCUT2D eigenvalue weighted by Gasteiger charge is -2.20. The molecule has 0 aliphatic heterocycles. The average Bonchev–Trinajstić information content (AvgIpc) is 2.67. The second-order valence-corrected chi connectivity index (χ2v) is 7.29. The number of anilines is 1. The molecule has 0 aliphatic rings.